The highest BCUT2D eigenvalue weighted by Gasteiger charge is 2.44. The van der Waals surface area contributed by atoms with E-state index in [9.17, 15) is 0 Å². The maximum atomic E-state index is 2.55. The van der Waals surface area contributed by atoms with Crippen LogP contribution in [0.15, 0.2) is 212 Å². The Bertz CT molecular complexity index is 3270. The molecule has 0 amide bonds. The van der Waals surface area contributed by atoms with Gasteiger partial charge in [-0.05, 0) is 127 Å². The minimum Gasteiger partial charge on any atom is -0.310 e. The third-order valence-electron chi connectivity index (χ3n) is 13.8. The molecule has 0 saturated carbocycles. The van der Waals surface area contributed by atoms with Gasteiger partial charge < -0.3 is 4.90 Å². The number of benzene rings is 10. The van der Waals surface area contributed by atoms with Crippen molar-refractivity contribution in [2.24, 2.45) is 0 Å². The largest absolute Gasteiger partial charge is 0.310 e. The highest BCUT2D eigenvalue weighted by atomic mass is 15.1. The molecule has 278 valence electrons. The van der Waals surface area contributed by atoms with Crippen molar-refractivity contribution in [2.45, 2.75) is 24.7 Å². The summed E-state index contributed by atoms with van der Waals surface area (Å²) in [7, 11) is 0. The maximum absolute atomic E-state index is 2.55. The smallest absolute Gasteiger partial charge is 0.0543 e. The predicted octanol–water partition coefficient (Wildman–Crippen LogP) is 15.3. The van der Waals surface area contributed by atoms with E-state index in [4.69, 9.17) is 0 Å². The molecular formula is C58H41N. The van der Waals surface area contributed by atoms with Gasteiger partial charge in [0.15, 0.2) is 0 Å². The Morgan fingerprint density at radius 2 is 0.746 bits per heavy atom. The standard InChI is InChI=1S/C58H41N/c1-57(38-18-5-3-6-19-38)52-29-16-14-27-49(52)56-53(57)30-17-31-55(56)59(40-32-34-46-44-24-10-9-22-42(44)43-23-11-12-25-45(43)50(46)36-40)41-33-35-48-47-26-13-15-28-51(47)58(2,54(48)37-41)39-20-7-4-8-21-39/h3-37H,1-2H3. The van der Waals surface area contributed by atoms with E-state index in [2.05, 4.69) is 231 Å². The number of fused-ring (bicyclic) bond motifs is 12. The second-order valence-electron chi connectivity index (χ2n) is 16.7. The zero-order valence-electron chi connectivity index (χ0n) is 33.2. The van der Waals surface area contributed by atoms with Crippen LogP contribution in [0.2, 0.25) is 0 Å². The Kier molecular flexibility index (Phi) is 7.26. The molecule has 0 radical (unpaired) electrons. The van der Waals surface area contributed by atoms with Gasteiger partial charge in [0.2, 0.25) is 0 Å². The number of nitrogens with zero attached hydrogens (tertiary/aromatic N) is 1. The second-order valence-corrected chi connectivity index (χ2v) is 16.7. The summed E-state index contributed by atoms with van der Waals surface area (Å²) in [5.41, 5.74) is 15.9. The molecule has 1 nitrogen and oxygen atoms in total. The quantitative estimate of drug-likeness (QED) is 0.158. The Labute approximate surface area is 345 Å². The van der Waals surface area contributed by atoms with Gasteiger partial charge in [-0.2, -0.15) is 0 Å². The van der Waals surface area contributed by atoms with Gasteiger partial charge >= 0.3 is 0 Å². The van der Waals surface area contributed by atoms with Crippen molar-refractivity contribution in [2.75, 3.05) is 4.90 Å². The molecule has 59 heavy (non-hydrogen) atoms. The molecule has 0 aliphatic heterocycles. The summed E-state index contributed by atoms with van der Waals surface area (Å²) in [6.07, 6.45) is 0. The van der Waals surface area contributed by atoms with Crippen LogP contribution in [0.1, 0.15) is 47.2 Å². The van der Waals surface area contributed by atoms with E-state index in [1.807, 2.05) is 0 Å². The van der Waals surface area contributed by atoms with E-state index in [0.717, 1.165) is 11.4 Å². The maximum Gasteiger partial charge on any atom is 0.0543 e. The number of hydrogen-bond acceptors (Lipinski definition) is 1. The van der Waals surface area contributed by atoms with Crippen LogP contribution in [-0.4, -0.2) is 0 Å². The molecule has 0 heterocycles. The van der Waals surface area contributed by atoms with Gasteiger partial charge in [0.05, 0.1) is 5.69 Å². The van der Waals surface area contributed by atoms with Gasteiger partial charge in [-0.1, -0.05) is 182 Å². The highest BCUT2D eigenvalue weighted by molar-refractivity contribution is 6.26. The zero-order valence-corrected chi connectivity index (χ0v) is 33.2. The van der Waals surface area contributed by atoms with Crippen molar-refractivity contribution in [3.8, 4) is 22.3 Å². The fourth-order valence-electron chi connectivity index (χ4n) is 11.0. The van der Waals surface area contributed by atoms with Crippen molar-refractivity contribution in [1.82, 2.24) is 0 Å². The number of anilines is 3. The molecule has 0 saturated heterocycles. The van der Waals surface area contributed by atoms with E-state index in [-0.39, 0.29) is 10.8 Å². The lowest BCUT2D eigenvalue weighted by Crippen LogP contribution is -2.23. The fourth-order valence-corrected chi connectivity index (χ4v) is 11.0. The first-order chi connectivity index (χ1) is 29.0. The van der Waals surface area contributed by atoms with Crippen molar-refractivity contribution < 1.29 is 0 Å². The summed E-state index contributed by atoms with van der Waals surface area (Å²) < 4.78 is 0. The summed E-state index contributed by atoms with van der Waals surface area (Å²) in [4.78, 5) is 2.55. The monoisotopic (exact) mass is 751 g/mol. The Morgan fingerprint density at radius 3 is 1.39 bits per heavy atom. The summed E-state index contributed by atoms with van der Waals surface area (Å²) >= 11 is 0. The summed E-state index contributed by atoms with van der Waals surface area (Å²) in [5, 5.41) is 7.64. The van der Waals surface area contributed by atoms with Crippen molar-refractivity contribution in [3.63, 3.8) is 0 Å². The molecule has 0 N–H and O–H groups in total. The lowest BCUT2D eigenvalue weighted by atomic mass is 9.74. The van der Waals surface area contributed by atoms with E-state index in [1.54, 1.807) is 0 Å². The van der Waals surface area contributed by atoms with Crippen LogP contribution in [-0.2, 0) is 10.8 Å². The average molecular weight is 752 g/mol. The molecular weight excluding hydrogens is 711 g/mol. The van der Waals surface area contributed by atoms with Gasteiger partial charge in [0.1, 0.15) is 0 Å². The summed E-state index contributed by atoms with van der Waals surface area (Å²) in [6, 6.07) is 79.2. The second kappa shape index (κ2) is 12.6. The minimum absolute atomic E-state index is 0.321. The van der Waals surface area contributed by atoms with Crippen LogP contribution in [0.25, 0.3) is 54.6 Å². The van der Waals surface area contributed by atoms with Crippen LogP contribution in [0, 0.1) is 0 Å². The first-order valence-electron chi connectivity index (χ1n) is 20.8. The molecule has 10 aromatic rings. The van der Waals surface area contributed by atoms with Gasteiger partial charge in [-0.25, -0.2) is 0 Å². The van der Waals surface area contributed by atoms with Gasteiger partial charge in [0, 0.05) is 27.8 Å². The molecule has 12 rings (SSSR count). The lowest BCUT2D eigenvalue weighted by molar-refractivity contribution is 0.713. The van der Waals surface area contributed by atoms with E-state index >= 15 is 0 Å². The molecule has 2 atom stereocenters. The third kappa shape index (κ3) is 4.67. The minimum atomic E-state index is -0.329. The van der Waals surface area contributed by atoms with Gasteiger partial charge in [0.25, 0.3) is 0 Å². The van der Waals surface area contributed by atoms with Crippen LogP contribution in [0.4, 0.5) is 17.1 Å². The Morgan fingerprint density at radius 1 is 0.305 bits per heavy atom. The lowest BCUT2D eigenvalue weighted by Gasteiger charge is -2.32. The van der Waals surface area contributed by atoms with Crippen LogP contribution < -0.4 is 4.90 Å². The summed E-state index contributed by atoms with van der Waals surface area (Å²) in [6.45, 7) is 4.82. The van der Waals surface area contributed by atoms with Crippen LogP contribution in [0.3, 0.4) is 0 Å². The summed E-state index contributed by atoms with van der Waals surface area (Å²) in [5.74, 6) is 0. The zero-order chi connectivity index (χ0) is 39.3. The highest BCUT2D eigenvalue weighted by Crippen LogP contribution is 2.58. The van der Waals surface area contributed by atoms with Gasteiger partial charge in [-0.15, -0.1) is 0 Å². The third-order valence-corrected chi connectivity index (χ3v) is 13.8. The van der Waals surface area contributed by atoms with E-state index in [1.165, 1.54) is 93.6 Å². The first-order valence-corrected chi connectivity index (χ1v) is 20.8. The predicted molar refractivity (Wildman–Crippen MR) is 249 cm³/mol. The van der Waals surface area contributed by atoms with Crippen molar-refractivity contribution in [1.29, 1.82) is 0 Å². The molecule has 0 aromatic heterocycles. The SMILES string of the molecule is CC1(c2ccccc2)c2ccccc2-c2ccc(N(c3ccc4c5ccccc5c5ccccc5c4c3)c3cccc4c3-c3ccccc3C4(C)c3ccccc3)cc21. The normalized spacial score (nSPS) is 17.5. The number of hydrogen-bond donors (Lipinski definition) is 0. The Hall–Kier alpha value is -7.22. The Balaban J connectivity index is 1.17. The van der Waals surface area contributed by atoms with E-state index < -0.39 is 0 Å². The van der Waals surface area contributed by atoms with E-state index in [0.29, 0.717) is 0 Å². The average Bonchev–Trinajstić information content (AvgIpc) is 3.73. The van der Waals surface area contributed by atoms with Crippen LogP contribution >= 0.6 is 0 Å². The topological polar surface area (TPSA) is 3.24 Å². The molecule has 10 aromatic carbocycles. The molecule has 0 bridgehead atoms. The first kappa shape index (κ1) is 33.9. The fraction of sp³-hybridized carbons (Fsp3) is 0.0690. The molecule has 1 heteroatoms. The number of rotatable bonds is 5. The van der Waals surface area contributed by atoms with Crippen molar-refractivity contribution in [3.05, 3.63) is 246 Å². The molecule has 2 unspecified atom stereocenters. The molecule has 0 spiro atoms. The van der Waals surface area contributed by atoms with Crippen molar-refractivity contribution >= 4 is 49.4 Å². The van der Waals surface area contributed by atoms with Gasteiger partial charge in [-0.3, -0.25) is 0 Å². The molecule has 2 aliphatic carbocycles. The van der Waals surface area contributed by atoms with Crippen LogP contribution in [0.5, 0.6) is 0 Å². The molecule has 0 fully saturated rings. The molecule has 2 aliphatic rings.